The Labute approximate surface area is 196 Å². The molecule has 4 atom stereocenters. The van der Waals surface area contributed by atoms with Crippen LogP contribution in [0.5, 0.6) is 0 Å². The summed E-state index contributed by atoms with van der Waals surface area (Å²) in [4.78, 5) is 25.4. The van der Waals surface area contributed by atoms with Crippen LogP contribution in [0.4, 0.5) is 13.2 Å². The molecule has 1 aromatic rings. The first-order chi connectivity index (χ1) is 16.2. The summed E-state index contributed by atoms with van der Waals surface area (Å²) in [5, 5.41) is 8.79. The molecule has 0 radical (unpaired) electrons. The molecule has 0 aliphatic carbocycles. The third kappa shape index (κ3) is 6.07. The van der Waals surface area contributed by atoms with E-state index in [1.807, 2.05) is 6.92 Å². The number of hydrogen-bond acceptors (Lipinski definition) is 6. The monoisotopic (exact) mass is 487 g/mol. The van der Waals surface area contributed by atoms with Gasteiger partial charge in [0.2, 0.25) is 5.91 Å². The van der Waals surface area contributed by atoms with Crippen LogP contribution in [-0.2, 0) is 25.2 Å². The molecule has 0 bridgehead atoms. The quantitative estimate of drug-likeness (QED) is 0.491. The summed E-state index contributed by atoms with van der Waals surface area (Å²) in [5.41, 5.74) is -1.88. The highest BCUT2D eigenvalue weighted by atomic mass is 19.4. The summed E-state index contributed by atoms with van der Waals surface area (Å²) in [6.07, 6.45) is -3.65. The smallest absolute Gasteiger partial charge is 0.379 e. The van der Waals surface area contributed by atoms with Gasteiger partial charge >= 0.3 is 6.18 Å². The standard InChI is InChI=1S/C23H32F3N3O5/c1-3-8-34-19-11-27-14-22(19,17-7-9-33-13-18(17)32-2)29-20(30)12-28-21(31)15-5-4-6-16(10-15)23(24,25)26/h4-6,10,17-19,27H,3,7-9,11-14H2,1-2H3,(H,28,31)(H,29,30)/t17?,18?,19-,22+/m1/s1. The number of carbonyl (C=O) groups excluding carboxylic acids is 2. The molecule has 2 fully saturated rings. The fraction of sp³-hybridized carbons (Fsp3) is 0.652. The fourth-order valence-corrected chi connectivity index (χ4v) is 4.70. The highest BCUT2D eigenvalue weighted by Gasteiger charge is 2.53. The van der Waals surface area contributed by atoms with E-state index in [-0.39, 0.29) is 23.7 Å². The van der Waals surface area contributed by atoms with Crippen LogP contribution in [0.25, 0.3) is 0 Å². The van der Waals surface area contributed by atoms with E-state index in [2.05, 4.69) is 16.0 Å². The Kier molecular flexibility index (Phi) is 8.91. The minimum atomic E-state index is -4.56. The van der Waals surface area contributed by atoms with E-state index in [4.69, 9.17) is 14.2 Å². The second-order valence-corrected chi connectivity index (χ2v) is 8.58. The predicted octanol–water partition coefficient (Wildman–Crippen LogP) is 1.74. The lowest BCUT2D eigenvalue weighted by Crippen LogP contribution is -2.67. The Bertz CT molecular complexity index is 853. The van der Waals surface area contributed by atoms with Crippen LogP contribution in [0.3, 0.4) is 0 Å². The second kappa shape index (κ2) is 11.5. The van der Waals surface area contributed by atoms with Gasteiger partial charge in [-0.25, -0.2) is 0 Å². The van der Waals surface area contributed by atoms with Gasteiger partial charge in [0.25, 0.3) is 5.91 Å². The molecule has 34 heavy (non-hydrogen) atoms. The van der Waals surface area contributed by atoms with Crippen molar-refractivity contribution in [1.82, 2.24) is 16.0 Å². The highest BCUT2D eigenvalue weighted by molar-refractivity contribution is 5.96. The largest absolute Gasteiger partial charge is 0.416 e. The lowest BCUT2D eigenvalue weighted by Gasteiger charge is -2.46. The zero-order valence-electron chi connectivity index (χ0n) is 19.4. The van der Waals surface area contributed by atoms with E-state index >= 15 is 0 Å². The molecular weight excluding hydrogens is 455 g/mol. The maximum Gasteiger partial charge on any atom is 0.416 e. The lowest BCUT2D eigenvalue weighted by molar-refractivity contribution is -0.137. The normalized spacial score (nSPS) is 27.4. The number of amides is 2. The van der Waals surface area contributed by atoms with Crippen molar-refractivity contribution in [2.24, 2.45) is 5.92 Å². The van der Waals surface area contributed by atoms with Gasteiger partial charge in [-0.2, -0.15) is 13.2 Å². The van der Waals surface area contributed by atoms with Gasteiger partial charge in [0.15, 0.2) is 0 Å². The van der Waals surface area contributed by atoms with Gasteiger partial charge < -0.3 is 30.2 Å². The number of carbonyl (C=O) groups is 2. The van der Waals surface area contributed by atoms with Gasteiger partial charge in [-0.1, -0.05) is 13.0 Å². The zero-order valence-corrected chi connectivity index (χ0v) is 19.4. The Morgan fingerprint density at radius 3 is 2.82 bits per heavy atom. The Morgan fingerprint density at radius 1 is 1.32 bits per heavy atom. The third-order valence-electron chi connectivity index (χ3n) is 6.35. The summed E-state index contributed by atoms with van der Waals surface area (Å²) in [5.74, 6) is -1.32. The molecule has 11 heteroatoms. The third-order valence-corrected chi connectivity index (χ3v) is 6.35. The van der Waals surface area contributed by atoms with E-state index < -0.39 is 35.6 Å². The summed E-state index contributed by atoms with van der Waals surface area (Å²) in [7, 11) is 1.60. The van der Waals surface area contributed by atoms with Gasteiger partial charge in [0, 0.05) is 44.9 Å². The van der Waals surface area contributed by atoms with Crippen LogP contribution in [0.1, 0.15) is 35.7 Å². The van der Waals surface area contributed by atoms with Crippen molar-refractivity contribution in [3.63, 3.8) is 0 Å². The van der Waals surface area contributed by atoms with Crippen LogP contribution in [0.2, 0.25) is 0 Å². The Balaban J connectivity index is 1.71. The number of rotatable bonds is 9. The van der Waals surface area contributed by atoms with Gasteiger partial charge in [0.1, 0.15) is 0 Å². The second-order valence-electron chi connectivity index (χ2n) is 8.58. The first-order valence-electron chi connectivity index (χ1n) is 11.4. The average molecular weight is 488 g/mol. The number of nitrogens with one attached hydrogen (secondary N) is 3. The van der Waals surface area contributed by atoms with Crippen LogP contribution < -0.4 is 16.0 Å². The van der Waals surface area contributed by atoms with Crippen molar-refractivity contribution in [3.8, 4) is 0 Å². The molecule has 2 aliphatic rings. The summed E-state index contributed by atoms with van der Waals surface area (Å²) in [6.45, 7) is 4.05. The Hall–Kier alpha value is -2.21. The molecule has 1 aromatic carbocycles. The van der Waals surface area contributed by atoms with Crippen molar-refractivity contribution in [1.29, 1.82) is 0 Å². The molecule has 2 aliphatic heterocycles. The van der Waals surface area contributed by atoms with Crippen molar-refractivity contribution < 1.29 is 37.0 Å². The number of benzene rings is 1. The first-order valence-corrected chi connectivity index (χ1v) is 11.4. The van der Waals surface area contributed by atoms with Crippen LogP contribution in [0, 0.1) is 5.92 Å². The number of halogens is 3. The molecule has 2 heterocycles. The van der Waals surface area contributed by atoms with Crippen LogP contribution in [-0.4, -0.2) is 76.1 Å². The van der Waals surface area contributed by atoms with E-state index in [9.17, 15) is 22.8 Å². The van der Waals surface area contributed by atoms with E-state index in [0.717, 1.165) is 24.6 Å². The van der Waals surface area contributed by atoms with Crippen LogP contribution in [0.15, 0.2) is 24.3 Å². The van der Waals surface area contributed by atoms with Gasteiger partial charge in [-0.05, 0) is 31.0 Å². The molecule has 0 aromatic heterocycles. The highest BCUT2D eigenvalue weighted by Crippen LogP contribution is 2.36. The molecule has 2 saturated heterocycles. The fourth-order valence-electron chi connectivity index (χ4n) is 4.70. The zero-order chi connectivity index (χ0) is 24.8. The maximum atomic E-state index is 13.0. The molecule has 2 unspecified atom stereocenters. The number of methoxy groups -OCH3 is 1. The molecular formula is C23H32F3N3O5. The van der Waals surface area contributed by atoms with Crippen molar-refractivity contribution >= 4 is 11.8 Å². The molecule has 0 spiro atoms. The maximum absolute atomic E-state index is 13.0. The number of alkyl halides is 3. The SMILES string of the molecule is CCCO[C@@H]1CNC[C@]1(NC(=O)CNC(=O)c1cccc(C(F)(F)F)c1)C1CCOCC1OC. The topological polar surface area (TPSA) is 97.9 Å². The molecule has 190 valence electrons. The summed E-state index contributed by atoms with van der Waals surface area (Å²) < 4.78 is 56.1. The van der Waals surface area contributed by atoms with Gasteiger partial charge in [-0.15, -0.1) is 0 Å². The van der Waals surface area contributed by atoms with E-state index in [0.29, 0.717) is 39.3 Å². The molecule has 3 rings (SSSR count). The molecule has 2 amide bonds. The van der Waals surface area contributed by atoms with E-state index in [1.165, 1.54) is 6.07 Å². The van der Waals surface area contributed by atoms with Crippen LogP contribution >= 0.6 is 0 Å². The first kappa shape index (κ1) is 26.4. The van der Waals surface area contributed by atoms with Gasteiger partial charge in [-0.3, -0.25) is 9.59 Å². The van der Waals surface area contributed by atoms with Gasteiger partial charge in [0.05, 0.1) is 36.5 Å². The number of hydrogen-bond donors (Lipinski definition) is 3. The molecule has 8 nitrogen and oxygen atoms in total. The summed E-state index contributed by atoms with van der Waals surface area (Å²) in [6, 6.07) is 4.07. The Morgan fingerprint density at radius 2 is 2.12 bits per heavy atom. The average Bonchev–Trinajstić information content (AvgIpc) is 3.23. The molecule has 3 N–H and O–H groups in total. The minimum absolute atomic E-state index is 0.0915. The van der Waals surface area contributed by atoms with Crippen molar-refractivity contribution in [2.75, 3.05) is 46.6 Å². The van der Waals surface area contributed by atoms with Crippen molar-refractivity contribution in [2.45, 2.75) is 43.7 Å². The predicted molar refractivity (Wildman–Crippen MR) is 117 cm³/mol. The molecule has 0 saturated carbocycles. The minimum Gasteiger partial charge on any atom is -0.379 e. The number of ether oxygens (including phenoxy) is 3. The summed E-state index contributed by atoms with van der Waals surface area (Å²) >= 11 is 0. The lowest BCUT2D eigenvalue weighted by atomic mass is 9.74. The van der Waals surface area contributed by atoms with Crippen molar-refractivity contribution in [3.05, 3.63) is 35.4 Å². The van der Waals surface area contributed by atoms with E-state index in [1.54, 1.807) is 7.11 Å².